The number of benzene rings is 1. The number of rotatable bonds is 5. The van der Waals surface area contributed by atoms with Crippen molar-refractivity contribution >= 4 is 33.8 Å². The maximum Gasteiger partial charge on any atom is 0.258 e. The summed E-state index contributed by atoms with van der Waals surface area (Å²) >= 11 is 0. The minimum atomic E-state index is -3.29. The van der Waals surface area contributed by atoms with Gasteiger partial charge < -0.3 is 15.5 Å². The van der Waals surface area contributed by atoms with Crippen LogP contribution in [0.25, 0.3) is 0 Å². The van der Waals surface area contributed by atoms with Gasteiger partial charge in [0.1, 0.15) is 12.0 Å². The first-order valence-corrected chi connectivity index (χ1v) is 9.18. The van der Waals surface area contributed by atoms with Crippen LogP contribution in [-0.2, 0) is 22.1 Å². The lowest BCUT2D eigenvalue weighted by Gasteiger charge is -2.19. The number of furan rings is 1. The van der Waals surface area contributed by atoms with E-state index < -0.39 is 14.6 Å². The Kier molecular flexibility index (Phi) is 6.82. The van der Waals surface area contributed by atoms with E-state index in [0.717, 1.165) is 0 Å². The molecule has 0 bridgehead atoms. The van der Waals surface area contributed by atoms with Crippen LogP contribution in [-0.4, -0.2) is 19.1 Å². The SMILES string of the molecule is CC(C)(C)S(=O)(=O)Cc1cccc(NC(=O)c2coc(CN)c2)c1.Cl. The molecule has 0 aliphatic rings. The second-order valence-electron chi connectivity index (χ2n) is 6.53. The third kappa shape index (κ3) is 5.32. The summed E-state index contributed by atoms with van der Waals surface area (Å²) in [7, 11) is -3.29. The van der Waals surface area contributed by atoms with E-state index in [-0.39, 0.29) is 30.6 Å². The fourth-order valence-corrected chi connectivity index (χ4v) is 3.04. The van der Waals surface area contributed by atoms with Crippen molar-refractivity contribution in [2.75, 3.05) is 5.32 Å². The van der Waals surface area contributed by atoms with E-state index in [9.17, 15) is 13.2 Å². The standard InChI is InChI=1S/C17H22N2O4S.ClH/c1-17(2,3)24(21,22)11-12-5-4-6-14(7-12)19-16(20)13-8-15(9-18)23-10-13;/h4-8,10H,9,11,18H2,1-3H3,(H,19,20);1H. The molecule has 1 amide bonds. The van der Waals surface area contributed by atoms with E-state index in [1.807, 2.05) is 0 Å². The van der Waals surface area contributed by atoms with Crippen LogP contribution >= 0.6 is 12.4 Å². The maximum atomic E-state index is 12.3. The van der Waals surface area contributed by atoms with Gasteiger partial charge in [0.15, 0.2) is 9.84 Å². The highest BCUT2D eigenvalue weighted by Crippen LogP contribution is 2.22. The molecule has 0 fully saturated rings. The van der Waals surface area contributed by atoms with Crippen LogP contribution in [0, 0.1) is 0 Å². The maximum absolute atomic E-state index is 12.3. The van der Waals surface area contributed by atoms with Gasteiger partial charge in [0.05, 0.1) is 22.6 Å². The summed E-state index contributed by atoms with van der Waals surface area (Å²) in [4.78, 5) is 12.2. The fourth-order valence-electron chi connectivity index (χ4n) is 1.98. The van der Waals surface area contributed by atoms with Crippen LogP contribution in [0.1, 0.15) is 42.5 Å². The zero-order valence-corrected chi connectivity index (χ0v) is 16.0. The highest BCUT2D eigenvalue weighted by atomic mass is 35.5. The second kappa shape index (κ2) is 8.03. The Morgan fingerprint density at radius 1 is 1.24 bits per heavy atom. The molecular weight excluding hydrogens is 364 g/mol. The molecule has 3 N–H and O–H groups in total. The lowest BCUT2D eigenvalue weighted by Crippen LogP contribution is -2.29. The number of halogens is 1. The van der Waals surface area contributed by atoms with Crippen molar-refractivity contribution in [3.05, 3.63) is 53.5 Å². The number of sulfone groups is 1. The number of nitrogens with one attached hydrogen (secondary N) is 1. The zero-order valence-electron chi connectivity index (χ0n) is 14.4. The summed E-state index contributed by atoms with van der Waals surface area (Å²) in [6, 6.07) is 8.37. The first-order valence-electron chi connectivity index (χ1n) is 7.52. The molecule has 0 unspecified atom stereocenters. The van der Waals surface area contributed by atoms with Crippen LogP contribution in [0.3, 0.4) is 0 Å². The topological polar surface area (TPSA) is 102 Å². The monoisotopic (exact) mass is 386 g/mol. The predicted molar refractivity (Wildman–Crippen MR) is 101 cm³/mol. The Bertz CT molecular complexity index is 838. The van der Waals surface area contributed by atoms with Crippen LogP contribution in [0.15, 0.2) is 41.0 Å². The molecule has 25 heavy (non-hydrogen) atoms. The first kappa shape index (κ1) is 21.2. The van der Waals surface area contributed by atoms with Crippen molar-refractivity contribution in [2.45, 2.75) is 37.8 Å². The van der Waals surface area contributed by atoms with Crippen molar-refractivity contribution in [2.24, 2.45) is 5.73 Å². The lowest BCUT2D eigenvalue weighted by molar-refractivity contribution is 0.102. The highest BCUT2D eigenvalue weighted by Gasteiger charge is 2.29. The molecule has 0 saturated carbocycles. The van der Waals surface area contributed by atoms with Gasteiger partial charge in [0, 0.05) is 5.69 Å². The molecule has 6 nitrogen and oxygen atoms in total. The quantitative estimate of drug-likeness (QED) is 0.821. The van der Waals surface area contributed by atoms with Gasteiger partial charge in [-0.3, -0.25) is 4.79 Å². The summed E-state index contributed by atoms with van der Waals surface area (Å²) < 4.78 is 28.9. The molecule has 1 aromatic carbocycles. The molecule has 0 spiro atoms. The predicted octanol–water partition coefficient (Wildman–Crippen LogP) is 3.13. The van der Waals surface area contributed by atoms with E-state index in [1.165, 1.54) is 6.26 Å². The van der Waals surface area contributed by atoms with E-state index in [2.05, 4.69) is 5.32 Å². The van der Waals surface area contributed by atoms with Crippen molar-refractivity contribution in [1.29, 1.82) is 0 Å². The van der Waals surface area contributed by atoms with Crippen LogP contribution < -0.4 is 11.1 Å². The summed E-state index contributed by atoms with van der Waals surface area (Å²) in [6.07, 6.45) is 1.34. The number of hydrogen-bond acceptors (Lipinski definition) is 5. The van der Waals surface area contributed by atoms with Crippen LogP contribution in [0.4, 0.5) is 5.69 Å². The molecule has 0 saturated heterocycles. The number of hydrogen-bond donors (Lipinski definition) is 2. The molecule has 138 valence electrons. The van der Waals surface area contributed by atoms with Gasteiger partial charge in [0.2, 0.25) is 0 Å². The number of amides is 1. The van der Waals surface area contributed by atoms with Crippen LogP contribution in [0.5, 0.6) is 0 Å². The number of nitrogens with two attached hydrogens (primary N) is 1. The number of anilines is 1. The minimum absolute atomic E-state index is 0. The van der Waals surface area contributed by atoms with E-state index >= 15 is 0 Å². The van der Waals surface area contributed by atoms with E-state index in [1.54, 1.807) is 51.1 Å². The summed E-state index contributed by atoms with van der Waals surface area (Å²) in [5, 5.41) is 2.73. The van der Waals surface area contributed by atoms with Crippen molar-refractivity contribution in [3.8, 4) is 0 Å². The largest absolute Gasteiger partial charge is 0.467 e. The lowest BCUT2D eigenvalue weighted by atomic mass is 10.2. The van der Waals surface area contributed by atoms with Gasteiger partial charge in [-0.1, -0.05) is 12.1 Å². The van der Waals surface area contributed by atoms with Gasteiger partial charge in [-0.2, -0.15) is 0 Å². The summed E-state index contributed by atoms with van der Waals surface area (Å²) in [6.45, 7) is 5.22. The Morgan fingerprint density at radius 3 is 2.48 bits per heavy atom. The molecule has 0 radical (unpaired) electrons. The molecule has 2 aromatic rings. The van der Waals surface area contributed by atoms with E-state index in [4.69, 9.17) is 10.2 Å². The minimum Gasteiger partial charge on any atom is -0.467 e. The summed E-state index contributed by atoms with van der Waals surface area (Å²) in [5.74, 6) is 0.0999. The second-order valence-corrected chi connectivity index (χ2v) is 9.27. The number of carbonyl (C=O) groups excluding carboxylic acids is 1. The first-order chi connectivity index (χ1) is 11.1. The average molecular weight is 387 g/mol. The van der Waals surface area contributed by atoms with Crippen molar-refractivity contribution < 1.29 is 17.6 Å². The Labute approximate surface area is 154 Å². The number of carbonyl (C=O) groups is 1. The van der Waals surface area contributed by atoms with Gasteiger partial charge in [-0.25, -0.2) is 8.42 Å². The fraction of sp³-hybridized carbons (Fsp3) is 0.353. The molecule has 1 aromatic heterocycles. The van der Waals surface area contributed by atoms with Gasteiger partial charge in [-0.05, 0) is 44.5 Å². The molecule has 0 atom stereocenters. The highest BCUT2D eigenvalue weighted by molar-refractivity contribution is 7.91. The van der Waals surface area contributed by atoms with Gasteiger partial charge >= 0.3 is 0 Å². The summed E-state index contributed by atoms with van der Waals surface area (Å²) in [5.41, 5.74) is 6.96. The van der Waals surface area contributed by atoms with Crippen molar-refractivity contribution in [1.82, 2.24) is 0 Å². The van der Waals surface area contributed by atoms with E-state index in [0.29, 0.717) is 22.6 Å². The Hall–Kier alpha value is -1.83. The van der Waals surface area contributed by atoms with Crippen molar-refractivity contribution in [3.63, 3.8) is 0 Å². The third-order valence-corrected chi connectivity index (χ3v) is 6.17. The zero-order chi connectivity index (χ0) is 18.0. The molecule has 0 aliphatic carbocycles. The Balaban J connectivity index is 0.00000312. The molecule has 8 heteroatoms. The molecular formula is C17H23ClN2O4S. The normalized spacial score (nSPS) is 11.7. The molecule has 0 aliphatic heterocycles. The van der Waals surface area contributed by atoms with Gasteiger partial charge in [0.25, 0.3) is 5.91 Å². The Morgan fingerprint density at radius 2 is 1.92 bits per heavy atom. The third-order valence-electron chi connectivity index (χ3n) is 3.59. The molecule has 2 rings (SSSR count). The molecule has 1 heterocycles. The smallest absolute Gasteiger partial charge is 0.258 e. The van der Waals surface area contributed by atoms with Gasteiger partial charge in [-0.15, -0.1) is 12.4 Å². The average Bonchev–Trinajstić information content (AvgIpc) is 2.95. The van der Waals surface area contributed by atoms with Crippen LogP contribution in [0.2, 0.25) is 0 Å².